The third-order valence-electron chi connectivity index (χ3n) is 4.86. The lowest BCUT2D eigenvalue weighted by Gasteiger charge is -2.07. The molecule has 1 amide bonds. The predicted molar refractivity (Wildman–Crippen MR) is 125 cm³/mol. The van der Waals surface area contributed by atoms with E-state index in [-0.39, 0.29) is 11.7 Å². The van der Waals surface area contributed by atoms with Crippen LogP contribution in [0.4, 0.5) is 5.13 Å². The summed E-state index contributed by atoms with van der Waals surface area (Å²) in [5, 5.41) is 14.7. The van der Waals surface area contributed by atoms with Crippen molar-refractivity contribution >= 4 is 34.1 Å². The maximum Gasteiger partial charge on any atom is 0.236 e. The van der Waals surface area contributed by atoms with Gasteiger partial charge in [0.1, 0.15) is 0 Å². The fourth-order valence-electron chi connectivity index (χ4n) is 3.05. The van der Waals surface area contributed by atoms with Crippen LogP contribution < -0.4 is 5.32 Å². The molecule has 0 bridgehead atoms. The molecule has 1 N–H and O–H groups in total. The zero-order chi connectivity index (χ0) is 21.8. The van der Waals surface area contributed by atoms with Crippen molar-refractivity contribution < 1.29 is 4.79 Å². The van der Waals surface area contributed by atoms with E-state index in [0.717, 1.165) is 22.6 Å². The number of hydrogen-bond acceptors (Lipinski definition) is 7. The molecule has 0 fully saturated rings. The van der Waals surface area contributed by atoms with Gasteiger partial charge >= 0.3 is 0 Å². The highest BCUT2D eigenvalue weighted by atomic mass is 32.2. The second-order valence-electron chi connectivity index (χ2n) is 6.96. The number of thioether (sulfide) groups is 1. The molecule has 3 aromatic heterocycles. The minimum atomic E-state index is -0.123. The average Bonchev–Trinajstić information content (AvgIpc) is 3.41. The van der Waals surface area contributed by atoms with Gasteiger partial charge in [-0.25, -0.2) is 4.98 Å². The Bertz CT molecular complexity index is 1200. The summed E-state index contributed by atoms with van der Waals surface area (Å²) >= 11 is 2.78. The quantitative estimate of drug-likeness (QED) is 0.406. The molecule has 0 spiro atoms. The summed E-state index contributed by atoms with van der Waals surface area (Å²) in [5.74, 6) is 0.875. The summed E-state index contributed by atoms with van der Waals surface area (Å²) in [5.41, 5.74) is 5.33. The van der Waals surface area contributed by atoms with Gasteiger partial charge in [0.05, 0.1) is 11.4 Å². The van der Waals surface area contributed by atoms with Crippen LogP contribution in [0.1, 0.15) is 18.1 Å². The first-order valence-electron chi connectivity index (χ1n) is 9.84. The highest BCUT2D eigenvalue weighted by Gasteiger charge is 2.15. The normalized spacial score (nSPS) is 10.9. The maximum absolute atomic E-state index is 12.5. The number of aryl methyl sites for hydroxylation is 2. The second-order valence-corrected chi connectivity index (χ2v) is 8.76. The van der Waals surface area contributed by atoms with E-state index in [0.29, 0.717) is 16.8 Å². The Morgan fingerprint density at radius 1 is 1.10 bits per heavy atom. The third kappa shape index (κ3) is 4.83. The second kappa shape index (κ2) is 9.40. The van der Waals surface area contributed by atoms with Crippen LogP contribution in [-0.4, -0.2) is 36.4 Å². The number of carbonyl (C=O) groups excluding carboxylic acids is 1. The molecule has 0 radical (unpaired) electrons. The van der Waals surface area contributed by atoms with Crippen LogP contribution >= 0.6 is 23.1 Å². The summed E-state index contributed by atoms with van der Waals surface area (Å²) in [4.78, 5) is 21.1. The number of carbonyl (C=O) groups is 1. The molecule has 7 nitrogen and oxygen atoms in total. The molecule has 158 valence electrons. The Kier molecular flexibility index (Phi) is 6.43. The molecule has 0 saturated carbocycles. The fourth-order valence-corrected chi connectivity index (χ4v) is 4.58. The molecule has 9 heteroatoms. The lowest BCUT2D eigenvalue weighted by molar-refractivity contribution is -0.113. The number of amides is 1. The van der Waals surface area contributed by atoms with Gasteiger partial charge in [-0.3, -0.25) is 9.78 Å². The Labute approximate surface area is 189 Å². The van der Waals surface area contributed by atoms with Gasteiger partial charge in [0.2, 0.25) is 5.91 Å². The molecule has 0 aliphatic rings. The Hall–Kier alpha value is -3.04. The number of thiazole rings is 1. The number of nitrogens with one attached hydrogen (secondary N) is 1. The van der Waals surface area contributed by atoms with Gasteiger partial charge < -0.3 is 9.88 Å². The highest BCUT2D eigenvalue weighted by molar-refractivity contribution is 7.99. The monoisotopic (exact) mass is 450 g/mol. The van der Waals surface area contributed by atoms with Crippen LogP contribution in [0.3, 0.4) is 0 Å². The number of anilines is 1. The van der Waals surface area contributed by atoms with Crippen molar-refractivity contribution in [3.8, 4) is 22.6 Å². The summed E-state index contributed by atoms with van der Waals surface area (Å²) < 4.78 is 1.99. The van der Waals surface area contributed by atoms with Crippen molar-refractivity contribution in [2.75, 3.05) is 11.1 Å². The van der Waals surface area contributed by atoms with E-state index in [2.05, 4.69) is 57.5 Å². The Morgan fingerprint density at radius 2 is 1.90 bits per heavy atom. The van der Waals surface area contributed by atoms with Gasteiger partial charge in [-0.1, -0.05) is 23.9 Å². The van der Waals surface area contributed by atoms with E-state index in [9.17, 15) is 4.79 Å². The van der Waals surface area contributed by atoms with Gasteiger partial charge in [0, 0.05) is 35.4 Å². The number of nitrogens with zero attached hydrogens (tertiary/aromatic N) is 5. The van der Waals surface area contributed by atoms with Crippen LogP contribution in [0.15, 0.2) is 53.3 Å². The minimum Gasteiger partial charge on any atom is -0.302 e. The molecule has 0 atom stereocenters. The van der Waals surface area contributed by atoms with Crippen molar-refractivity contribution in [1.29, 1.82) is 0 Å². The lowest BCUT2D eigenvalue weighted by Crippen LogP contribution is -2.14. The number of aromatic nitrogens is 5. The van der Waals surface area contributed by atoms with E-state index in [1.807, 2.05) is 29.0 Å². The topological polar surface area (TPSA) is 85.6 Å². The molecule has 0 saturated heterocycles. The van der Waals surface area contributed by atoms with Crippen LogP contribution in [-0.2, 0) is 11.3 Å². The van der Waals surface area contributed by atoms with E-state index < -0.39 is 0 Å². The molecule has 0 aliphatic heterocycles. The smallest absolute Gasteiger partial charge is 0.236 e. The van der Waals surface area contributed by atoms with Gasteiger partial charge in [-0.05, 0) is 50.1 Å². The number of pyridine rings is 1. The van der Waals surface area contributed by atoms with Gasteiger partial charge in [0.25, 0.3) is 0 Å². The first-order chi connectivity index (χ1) is 15.0. The minimum absolute atomic E-state index is 0.123. The van der Waals surface area contributed by atoms with Crippen molar-refractivity contribution in [1.82, 2.24) is 24.7 Å². The van der Waals surface area contributed by atoms with Crippen LogP contribution in [0.25, 0.3) is 22.6 Å². The van der Waals surface area contributed by atoms with Crippen molar-refractivity contribution in [3.63, 3.8) is 0 Å². The molecule has 3 heterocycles. The molecule has 4 aromatic rings. The average molecular weight is 451 g/mol. The largest absolute Gasteiger partial charge is 0.302 e. The fraction of sp³-hybridized carbons (Fsp3) is 0.227. The zero-order valence-corrected chi connectivity index (χ0v) is 19.1. The zero-order valence-electron chi connectivity index (χ0n) is 17.5. The molecule has 31 heavy (non-hydrogen) atoms. The summed E-state index contributed by atoms with van der Waals surface area (Å²) in [6.07, 6.45) is 3.45. The number of benzene rings is 1. The predicted octanol–water partition coefficient (Wildman–Crippen LogP) is 4.83. The van der Waals surface area contributed by atoms with Crippen LogP contribution in [0.2, 0.25) is 0 Å². The Balaban J connectivity index is 1.40. The van der Waals surface area contributed by atoms with Gasteiger partial charge in [-0.15, -0.1) is 21.5 Å². The summed E-state index contributed by atoms with van der Waals surface area (Å²) in [6, 6.07) is 10.0. The summed E-state index contributed by atoms with van der Waals surface area (Å²) in [7, 11) is 0. The molecule has 0 unspecified atom stereocenters. The first kappa shape index (κ1) is 21.2. The number of rotatable bonds is 7. The van der Waals surface area contributed by atoms with Crippen molar-refractivity contribution in [3.05, 3.63) is 59.2 Å². The SMILES string of the molecule is CCn1c(SCC(=O)Nc2nc(-c3ccc(C)c(C)c3)cs2)nnc1-c1ccncc1. The number of hydrogen-bond donors (Lipinski definition) is 1. The van der Waals surface area contributed by atoms with E-state index in [4.69, 9.17) is 0 Å². The molecule has 4 rings (SSSR count). The maximum atomic E-state index is 12.5. The molecule has 1 aromatic carbocycles. The Morgan fingerprint density at radius 3 is 2.65 bits per heavy atom. The standard InChI is InChI=1S/C22H22N6OS2/c1-4-28-20(16-7-9-23-10-8-16)26-27-22(28)31-13-19(29)25-21-24-18(12-30-21)17-6-5-14(2)15(3)11-17/h5-12H,4,13H2,1-3H3,(H,24,25,29). The third-order valence-corrected chi connectivity index (χ3v) is 6.58. The molecular formula is C22H22N6OS2. The van der Waals surface area contributed by atoms with Gasteiger partial charge in [0.15, 0.2) is 16.1 Å². The van der Waals surface area contributed by atoms with Crippen molar-refractivity contribution in [2.24, 2.45) is 0 Å². The van der Waals surface area contributed by atoms with E-state index in [1.165, 1.54) is 34.2 Å². The highest BCUT2D eigenvalue weighted by Crippen LogP contribution is 2.27. The van der Waals surface area contributed by atoms with Crippen LogP contribution in [0.5, 0.6) is 0 Å². The van der Waals surface area contributed by atoms with Crippen LogP contribution in [0, 0.1) is 13.8 Å². The van der Waals surface area contributed by atoms with E-state index >= 15 is 0 Å². The van der Waals surface area contributed by atoms with Gasteiger partial charge in [-0.2, -0.15) is 0 Å². The molecule has 0 aliphatic carbocycles. The summed E-state index contributed by atoms with van der Waals surface area (Å²) in [6.45, 7) is 6.91. The first-order valence-corrected chi connectivity index (χ1v) is 11.7. The van der Waals surface area contributed by atoms with Crippen molar-refractivity contribution in [2.45, 2.75) is 32.5 Å². The molecular weight excluding hydrogens is 428 g/mol. The lowest BCUT2D eigenvalue weighted by atomic mass is 10.1. The van der Waals surface area contributed by atoms with E-state index in [1.54, 1.807) is 12.4 Å².